The van der Waals surface area contributed by atoms with Gasteiger partial charge in [0.05, 0.1) is 12.5 Å². The number of rotatable bonds is 6. The number of ether oxygens (including phenoxy) is 1. The lowest BCUT2D eigenvalue weighted by molar-refractivity contribution is -0.140. The molecule has 0 aliphatic carbocycles. The molecule has 0 saturated carbocycles. The summed E-state index contributed by atoms with van der Waals surface area (Å²) in [4.78, 5) is 22.3. The maximum Gasteiger partial charge on any atom is 0.308 e. The first-order valence-electron chi connectivity index (χ1n) is 5.78. The van der Waals surface area contributed by atoms with E-state index in [-0.39, 0.29) is 12.5 Å². The Hall–Kier alpha value is -2.04. The van der Waals surface area contributed by atoms with Crippen LogP contribution in [0.2, 0.25) is 0 Å². The predicted octanol–water partition coefficient (Wildman–Crippen LogP) is 1.54. The highest BCUT2D eigenvalue weighted by molar-refractivity contribution is 5.94. The summed E-state index contributed by atoms with van der Waals surface area (Å²) in [6.07, 6.45) is 0. The lowest BCUT2D eigenvalue weighted by atomic mass is 10.1. The van der Waals surface area contributed by atoms with Gasteiger partial charge in [-0.15, -0.1) is 0 Å². The second-order valence-electron chi connectivity index (χ2n) is 3.91. The van der Waals surface area contributed by atoms with Gasteiger partial charge in [-0.05, 0) is 31.2 Å². The Morgan fingerprint density at radius 1 is 1.33 bits per heavy atom. The molecule has 1 rings (SSSR count). The van der Waals surface area contributed by atoms with Crippen molar-refractivity contribution in [2.24, 2.45) is 5.92 Å². The summed E-state index contributed by atoms with van der Waals surface area (Å²) in [5.74, 6) is -1.11. The van der Waals surface area contributed by atoms with Gasteiger partial charge in [0.1, 0.15) is 5.75 Å². The van der Waals surface area contributed by atoms with Crippen molar-refractivity contribution in [3.05, 3.63) is 29.8 Å². The summed E-state index contributed by atoms with van der Waals surface area (Å²) in [6.45, 7) is 4.11. The zero-order valence-electron chi connectivity index (χ0n) is 10.5. The number of hydrogen-bond acceptors (Lipinski definition) is 3. The van der Waals surface area contributed by atoms with E-state index in [1.54, 1.807) is 31.2 Å². The Morgan fingerprint density at radius 2 is 1.94 bits per heavy atom. The van der Waals surface area contributed by atoms with E-state index in [0.717, 1.165) is 0 Å². The van der Waals surface area contributed by atoms with E-state index in [1.807, 2.05) is 6.92 Å². The molecule has 0 aliphatic rings. The van der Waals surface area contributed by atoms with Gasteiger partial charge in [-0.2, -0.15) is 0 Å². The third-order valence-corrected chi connectivity index (χ3v) is 2.42. The normalized spacial score (nSPS) is 11.7. The van der Waals surface area contributed by atoms with E-state index in [2.05, 4.69) is 5.32 Å². The van der Waals surface area contributed by atoms with Crippen LogP contribution in [0.25, 0.3) is 0 Å². The van der Waals surface area contributed by atoms with Gasteiger partial charge in [0.15, 0.2) is 0 Å². The van der Waals surface area contributed by atoms with Crippen LogP contribution in [0.3, 0.4) is 0 Å². The van der Waals surface area contributed by atoms with Crippen LogP contribution in [-0.2, 0) is 4.79 Å². The van der Waals surface area contributed by atoms with Gasteiger partial charge in [0.25, 0.3) is 5.91 Å². The van der Waals surface area contributed by atoms with Gasteiger partial charge in [-0.1, -0.05) is 6.92 Å². The van der Waals surface area contributed by atoms with Gasteiger partial charge in [-0.3, -0.25) is 9.59 Å². The molecule has 1 amide bonds. The number of carboxylic acid groups (broad SMARTS) is 1. The fraction of sp³-hybridized carbons (Fsp3) is 0.385. The van der Waals surface area contributed by atoms with Gasteiger partial charge >= 0.3 is 5.97 Å². The van der Waals surface area contributed by atoms with E-state index in [0.29, 0.717) is 17.9 Å². The first-order valence-corrected chi connectivity index (χ1v) is 5.78. The number of hydrogen-bond donors (Lipinski definition) is 2. The summed E-state index contributed by atoms with van der Waals surface area (Å²) >= 11 is 0. The highest BCUT2D eigenvalue weighted by atomic mass is 16.5. The molecule has 1 aromatic rings. The van der Waals surface area contributed by atoms with Gasteiger partial charge in [0, 0.05) is 12.1 Å². The average molecular weight is 251 g/mol. The molecule has 18 heavy (non-hydrogen) atoms. The molecule has 2 N–H and O–H groups in total. The standard InChI is InChI=1S/C13H17NO4/c1-3-18-11-6-4-10(5-7-11)12(15)14-8-9(2)13(16)17/h4-7,9H,3,8H2,1-2H3,(H,14,15)(H,16,17). The Balaban J connectivity index is 2.54. The quantitative estimate of drug-likeness (QED) is 0.804. The molecule has 0 fully saturated rings. The molecular formula is C13H17NO4. The highest BCUT2D eigenvalue weighted by Crippen LogP contribution is 2.11. The number of aliphatic carboxylic acids is 1. The number of carboxylic acids is 1. The summed E-state index contributed by atoms with van der Waals surface area (Å²) in [6, 6.07) is 6.70. The number of carbonyl (C=O) groups excluding carboxylic acids is 1. The number of benzene rings is 1. The molecule has 0 aromatic heterocycles. The molecule has 0 spiro atoms. The molecule has 5 heteroatoms. The molecule has 98 valence electrons. The van der Waals surface area contributed by atoms with Crippen LogP contribution in [0.1, 0.15) is 24.2 Å². The van der Waals surface area contributed by atoms with Crippen molar-refractivity contribution in [1.82, 2.24) is 5.32 Å². The maximum atomic E-state index is 11.7. The van der Waals surface area contributed by atoms with Crippen LogP contribution in [-0.4, -0.2) is 30.1 Å². The van der Waals surface area contributed by atoms with Crippen LogP contribution in [0, 0.1) is 5.92 Å². The fourth-order valence-corrected chi connectivity index (χ4v) is 1.30. The number of nitrogens with one attached hydrogen (secondary N) is 1. The zero-order chi connectivity index (χ0) is 13.5. The van der Waals surface area contributed by atoms with E-state index in [1.165, 1.54) is 0 Å². The van der Waals surface area contributed by atoms with E-state index < -0.39 is 11.9 Å². The summed E-state index contributed by atoms with van der Waals surface area (Å²) in [5, 5.41) is 11.3. The van der Waals surface area contributed by atoms with Crippen molar-refractivity contribution >= 4 is 11.9 Å². The predicted molar refractivity (Wildman–Crippen MR) is 66.7 cm³/mol. The zero-order valence-corrected chi connectivity index (χ0v) is 10.5. The topological polar surface area (TPSA) is 75.6 Å². The lowest BCUT2D eigenvalue weighted by Gasteiger charge is -2.09. The first-order chi connectivity index (χ1) is 8.54. The Bertz CT molecular complexity index is 414. The van der Waals surface area contributed by atoms with Crippen molar-refractivity contribution < 1.29 is 19.4 Å². The van der Waals surface area contributed by atoms with Crippen LogP contribution >= 0.6 is 0 Å². The summed E-state index contributed by atoms with van der Waals surface area (Å²) < 4.78 is 5.26. The number of carbonyl (C=O) groups is 2. The maximum absolute atomic E-state index is 11.7. The SMILES string of the molecule is CCOc1ccc(C(=O)NCC(C)C(=O)O)cc1. The largest absolute Gasteiger partial charge is 0.494 e. The minimum Gasteiger partial charge on any atom is -0.494 e. The molecule has 5 nitrogen and oxygen atoms in total. The molecule has 1 unspecified atom stereocenters. The average Bonchev–Trinajstić information content (AvgIpc) is 2.36. The second kappa shape index (κ2) is 6.64. The summed E-state index contributed by atoms with van der Waals surface area (Å²) in [7, 11) is 0. The second-order valence-corrected chi connectivity index (χ2v) is 3.91. The highest BCUT2D eigenvalue weighted by Gasteiger charge is 2.12. The first kappa shape index (κ1) is 14.0. The Kier molecular flexibility index (Phi) is 5.17. The summed E-state index contributed by atoms with van der Waals surface area (Å²) in [5.41, 5.74) is 0.482. The molecule has 0 bridgehead atoms. The minimum absolute atomic E-state index is 0.112. The van der Waals surface area contributed by atoms with Crippen LogP contribution in [0.15, 0.2) is 24.3 Å². The molecule has 0 radical (unpaired) electrons. The van der Waals surface area contributed by atoms with Crippen molar-refractivity contribution in [3.8, 4) is 5.75 Å². The fourth-order valence-electron chi connectivity index (χ4n) is 1.30. The Morgan fingerprint density at radius 3 is 2.44 bits per heavy atom. The molecule has 1 aromatic carbocycles. The van der Waals surface area contributed by atoms with E-state index in [4.69, 9.17) is 9.84 Å². The van der Waals surface area contributed by atoms with Crippen LogP contribution in [0.4, 0.5) is 0 Å². The van der Waals surface area contributed by atoms with Crippen molar-refractivity contribution in [2.75, 3.05) is 13.2 Å². The van der Waals surface area contributed by atoms with Crippen LogP contribution in [0.5, 0.6) is 5.75 Å². The van der Waals surface area contributed by atoms with Gasteiger partial charge in [0.2, 0.25) is 0 Å². The van der Waals surface area contributed by atoms with Crippen molar-refractivity contribution in [3.63, 3.8) is 0 Å². The van der Waals surface area contributed by atoms with E-state index >= 15 is 0 Å². The monoisotopic (exact) mass is 251 g/mol. The molecule has 0 saturated heterocycles. The molecule has 1 atom stereocenters. The third kappa shape index (κ3) is 4.08. The van der Waals surface area contributed by atoms with Crippen molar-refractivity contribution in [1.29, 1.82) is 0 Å². The molecular weight excluding hydrogens is 234 g/mol. The molecule has 0 aliphatic heterocycles. The van der Waals surface area contributed by atoms with Gasteiger partial charge in [-0.25, -0.2) is 0 Å². The smallest absolute Gasteiger partial charge is 0.308 e. The van der Waals surface area contributed by atoms with Crippen LogP contribution < -0.4 is 10.1 Å². The third-order valence-electron chi connectivity index (χ3n) is 2.42. The van der Waals surface area contributed by atoms with E-state index in [9.17, 15) is 9.59 Å². The lowest BCUT2D eigenvalue weighted by Crippen LogP contribution is -2.31. The minimum atomic E-state index is -0.929. The number of amides is 1. The molecule has 0 heterocycles. The van der Waals surface area contributed by atoms with Crippen molar-refractivity contribution in [2.45, 2.75) is 13.8 Å². The van der Waals surface area contributed by atoms with Gasteiger partial charge < -0.3 is 15.2 Å². The Labute approximate surface area is 106 Å².